The Hall–Kier alpha value is -1.11. The van der Waals surface area contributed by atoms with E-state index in [9.17, 15) is 9.59 Å². The van der Waals surface area contributed by atoms with Gasteiger partial charge in [0.2, 0.25) is 0 Å². The number of carboxylic acid groups (broad SMARTS) is 1. The molecule has 1 N–H and O–H groups in total. The molecule has 0 unspecified atom stereocenters. The molecule has 4 nitrogen and oxygen atoms in total. The van der Waals surface area contributed by atoms with Crippen molar-refractivity contribution >= 4 is 34.3 Å². The van der Waals surface area contributed by atoms with E-state index in [1.54, 1.807) is 6.07 Å². The van der Waals surface area contributed by atoms with Gasteiger partial charge in [-0.1, -0.05) is 6.07 Å². The predicted molar refractivity (Wildman–Crippen MR) is 66.7 cm³/mol. The quantitative estimate of drug-likeness (QED) is 0.661. The second kappa shape index (κ2) is 5.83. The fraction of sp³-hybridized carbons (Fsp3) is 0.273. The molecule has 1 aromatic rings. The first-order chi connectivity index (χ1) is 7.50. The number of Topliss-reactive ketones (excluding diaryl/α,β-unsaturated/α-hetero) is 1. The highest BCUT2D eigenvalue weighted by atomic mass is 127. The first-order valence-electron chi connectivity index (χ1n) is 4.62. The maximum absolute atomic E-state index is 11.1. The van der Waals surface area contributed by atoms with Gasteiger partial charge in [0.05, 0.1) is 0 Å². The Morgan fingerprint density at radius 1 is 1.44 bits per heavy atom. The van der Waals surface area contributed by atoms with Crippen LogP contribution in [0.15, 0.2) is 18.2 Å². The van der Waals surface area contributed by atoms with Gasteiger partial charge in [0.1, 0.15) is 18.8 Å². The number of hydrogen-bond donors (Lipinski definition) is 1. The maximum atomic E-state index is 11.1. The summed E-state index contributed by atoms with van der Waals surface area (Å²) in [5.41, 5.74) is 0.950. The number of carboxylic acids is 1. The summed E-state index contributed by atoms with van der Waals surface area (Å²) >= 11 is 2.17. The van der Waals surface area contributed by atoms with Gasteiger partial charge in [0, 0.05) is 9.13 Å². The fourth-order valence-corrected chi connectivity index (χ4v) is 1.60. The third kappa shape index (κ3) is 3.80. The predicted octanol–water partition coefficient (Wildman–Crippen LogP) is 2.02. The van der Waals surface area contributed by atoms with Gasteiger partial charge in [-0.3, -0.25) is 9.59 Å². The fourth-order valence-electron chi connectivity index (χ4n) is 1.12. The zero-order valence-electron chi connectivity index (χ0n) is 8.70. The maximum Gasteiger partial charge on any atom is 0.311 e. The summed E-state index contributed by atoms with van der Waals surface area (Å²) in [5.74, 6) is -0.954. The smallest absolute Gasteiger partial charge is 0.311 e. The van der Waals surface area contributed by atoms with E-state index >= 15 is 0 Å². The molecule has 1 aromatic carbocycles. The van der Waals surface area contributed by atoms with Crippen LogP contribution < -0.4 is 4.74 Å². The molecule has 0 aliphatic rings. The van der Waals surface area contributed by atoms with Crippen molar-refractivity contribution in [2.24, 2.45) is 0 Å². The first kappa shape index (κ1) is 13.0. The van der Waals surface area contributed by atoms with Gasteiger partial charge in [0.25, 0.3) is 0 Å². The number of hydrogen-bond acceptors (Lipinski definition) is 3. The molecule has 0 spiro atoms. The van der Waals surface area contributed by atoms with Crippen LogP contribution in [-0.4, -0.2) is 23.5 Å². The Labute approximate surface area is 107 Å². The number of ether oxygens (including phenoxy) is 1. The molecular formula is C11H11IO4. The summed E-state index contributed by atoms with van der Waals surface area (Å²) < 4.78 is 6.30. The number of rotatable bonds is 5. The summed E-state index contributed by atoms with van der Waals surface area (Å²) in [7, 11) is 0. The summed E-state index contributed by atoms with van der Waals surface area (Å²) in [4.78, 5) is 21.4. The molecule has 1 rings (SSSR count). The Morgan fingerprint density at radius 3 is 2.75 bits per heavy atom. The van der Waals surface area contributed by atoms with Crippen LogP contribution in [0, 0.1) is 10.5 Å². The van der Waals surface area contributed by atoms with Crippen molar-refractivity contribution in [3.05, 3.63) is 27.3 Å². The Kier molecular flexibility index (Phi) is 4.72. The van der Waals surface area contributed by atoms with Crippen molar-refractivity contribution in [2.75, 3.05) is 6.61 Å². The molecule has 0 heterocycles. The SMILES string of the molecule is Cc1c(I)cccc1OCC(=O)CC(=O)O. The minimum Gasteiger partial charge on any atom is -0.486 e. The molecule has 0 bridgehead atoms. The number of halogens is 1. The van der Waals surface area contributed by atoms with E-state index < -0.39 is 18.2 Å². The normalized spacial score (nSPS) is 9.88. The van der Waals surface area contributed by atoms with Crippen molar-refractivity contribution in [2.45, 2.75) is 13.3 Å². The molecule has 0 saturated carbocycles. The average Bonchev–Trinajstić information content (AvgIpc) is 2.19. The molecule has 0 atom stereocenters. The van der Waals surface area contributed by atoms with Gasteiger partial charge in [0.15, 0.2) is 5.78 Å². The summed E-state index contributed by atoms with van der Waals surface area (Å²) in [6.07, 6.45) is -0.497. The summed E-state index contributed by atoms with van der Waals surface area (Å²) in [6.45, 7) is 1.69. The lowest BCUT2D eigenvalue weighted by atomic mass is 10.2. The Morgan fingerprint density at radius 2 is 2.12 bits per heavy atom. The molecule has 0 aliphatic heterocycles. The summed E-state index contributed by atoms with van der Waals surface area (Å²) in [5, 5.41) is 8.40. The molecule has 0 radical (unpaired) electrons. The second-order valence-electron chi connectivity index (χ2n) is 3.26. The van der Waals surface area contributed by atoms with E-state index in [1.165, 1.54) is 0 Å². The van der Waals surface area contributed by atoms with Gasteiger partial charge in [-0.25, -0.2) is 0 Å². The zero-order chi connectivity index (χ0) is 12.1. The van der Waals surface area contributed by atoms with Crippen molar-refractivity contribution in [1.29, 1.82) is 0 Å². The first-order valence-corrected chi connectivity index (χ1v) is 5.70. The van der Waals surface area contributed by atoms with E-state index in [1.807, 2.05) is 19.1 Å². The number of benzene rings is 1. The standard InChI is InChI=1S/C11H11IO4/c1-7-9(12)3-2-4-10(7)16-6-8(13)5-11(14)15/h2-4H,5-6H2,1H3,(H,14,15). The van der Waals surface area contributed by atoms with Crippen LogP contribution in [0.3, 0.4) is 0 Å². The largest absolute Gasteiger partial charge is 0.486 e. The molecule has 86 valence electrons. The Bertz CT molecular complexity index is 414. The highest BCUT2D eigenvalue weighted by Gasteiger charge is 2.09. The zero-order valence-corrected chi connectivity index (χ0v) is 10.9. The molecule has 16 heavy (non-hydrogen) atoms. The number of ketones is 1. The molecular weight excluding hydrogens is 323 g/mol. The lowest BCUT2D eigenvalue weighted by Crippen LogP contribution is -2.15. The van der Waals surface area contributed by atoms with Crippen molar-refractivity contribution in [1.82, 2.24) is 0 Å². The van der Waals surface area contributed by atoms with Crippen LogP contribution in [0.4, 0.5) is 0 Å². The van der Waals surface area contributed by atoms with E-state index in [-0.39, 0.29) is 6.61 Å². The van der Waals surface area contributed by atoms with Gasteiger partial charge in [-0.05, 0) is 41.6 Å². The van der Waals surface area contributed by atoms with E-state index in [2.05, 4.69) is 22.6 Å². The number of carbonyl (C=O) groups excluding carboxylic acids is 1. The van der Waals surface area contributed by atoms with E-state index in [0.29, 0.717) is 5.75 Å². The van der Waals surface area contributed by atoms with Crippen molar-refractivity contribution in [3.8, 4) is 5.75 Å². The Balaban J connectivity index is 2.58. The number of carbonyl (C=O) groups is 2. The van der Waals surface area contributed by atoms with Gasteiger partial charge >= 0.3 is 5.97 Å². The molecule has 0 saturated heterocycles. The summed E-state index contributed by atoms with van der Waals surface area (Å²) in [6, 6.07) is 5.51. The van der Waals surface area contributed by atoms with Gasteiger partial charge < -0.3 is 9.84 Å². The molecule has 0 aliphatic carbocycles. The topological polar surface area (TPSA) is 63.6 Å². The van der Waals surface area contributed by atoms with Crippen LogP contribution in [0.1, 0.15) is 12.0 Å². The van der Waals surface area contributed by atoms with E-state index in [0.717, 1.165) is 9.13 Å². The second-order valence-corrected chi connectivity index (χ2v) is 4.42. The lowest BCUT2D eigenvalue weighted by molar-refractivity contribution is -0.140. The monoisotopic (exact) mass is 334 g/mol. The average molecular weight is 334 g/mol. The molecule has 0 aromatic heterocycles. The lowest BCUT2D eigenvalue weighted by Gasteiger charge is -2.08. The van der Waals surface area contributed by atoms with Crippen LogP contribution in [0.5, 0.6) is 5.75 Å². The van der Waals surface area contributed by atoms with E-state index in [4.69, 9.17) is 9.84 Å². The van der Waals surface area contributed by atoms with Crippen molar-refractivity contribution in [3.63, 3.8) is 0 Å². The minimum atomic E-state index is -1.13. The van der Waals surface area contributed by atoms with Crippen LogP contribution in [0.2, 0.25) is 0 Å². The van der Waals surface area contributed by atoms with Crippen LogP contribution in [-0.2, 0) is 9.59 Å². The molecule has 5 heteroatoms. The van der Waals surface area contributed by atoms with Crippen LogP contribution in [0.25, 0.3) is 0 Å². The molecule has 0 fully saturated rings. The number of aliphatic carboxylic acids is 1. The molecule has 0 amide bonds. The minimum absolute atomic E-state index is 0.201. The van der Waals surface area contributed by atoms with Gasteiger partial charge in [-0.15, -0.1) is 0 Å². The van der Waals surface area contributed by atoms with Crippen molar-refractivity contribution < 1.29 is 19.4 Å². The highest BCUT2D eigenvalue weighted by molar-refractivity contribution is 14.1. The van der Waals surface area contributed by atoms with Crippen LogP contribution >= 0.6 is 22.6 Å². The van der Waals surface area contributed by atoms with Gasteiger partial charge in [-0.2, -0.15) is 0 Å². The highest BCUT2D eigenvalue weighted by Crippen LogP contribution is 2.22. The third-order valence-corrected chi connectivity index (χ3v) is 3.12. The third-order valence-electron chi connectivity index (χ3n) is 1.96.